The second kappa shape index (κ2) is 7.46. The summed E-state index contributed by atoms with van der Waals surface area (Å²) in [6, 6.07) is 16.6. The second-order valence-electron chi connectivity index (χ2n) is 4.51. The van der Waals surface area contributed by atoms with E-state index in [1.165, 1.54) is 0 Å². The summed E-state index contributed by atoms with van der Waals surface area (Å²) in [7, 11) is 0. The molecule has 0 heterocycles. The molecule has 0 saturated heterocycles. The van der Waals surface area contributed by atoms with Crippen molar-refractivity contribution < 1.29 is 14.6 Å². The molecular formula is C17H18O3. The van der Waals surface area contributed by atoms with E-state index in [0.717, 1.165) is 11.1 Å². The number of benzene rings is 2. The SMILES string of the molecule is O=C(CCCOc1ccccc1CO)c1ccccc1. The van der Waals surface area contributed by atoms with E-state index >= 15 is 0 Å². The van der Waals surface area contributed by atoms with Gasteiger partial charge in [0.05, 0.1) is 13.2 Å². The topological polar surface area (TPSA) is 46.5 Å². The predicted octanol–water partition coefficient (Wildman–Crippen LogP) is 3.22. The second-order valence-corrected chi connectivity index (χ2v) is 4.51. The van der Waals surface area contributed by atoms with E-state index in [1.54, 1.807) is 0 Å². The van der Waals surface area contributed by atoms with Crippen LogP contribution in [0.2, 0.25) is 0 Å². The van der Waals surface area contributed by atoms with E-state index in [1.807, 2.05) is 54.6 Å². The molecule has 2 rings (SSSR count). The molecule has 104 valence electrons. The Hall–Kier alpha value is -2.13. The molecule has 2 aromatic carbocycles. The molecule has 2 aromatic rings. The van der Waals surface area contributed by atoms with E-state index in [-0.39, 0.29) is 12.4 Å². The van der Waals surface area contributed by atoms with Crippen LogP contribution in [0.3, 0.4) is 0 Å². The van der Waals surface area contributed by atoms with Crippen LogP contribution in [-0.2, 0) is 6.61 Å². The molecule has 0 unspecified atom stereocenters. The first-order valence-electron chi connectivity index (χ1n) is 6.71. The highest BCUT2D eigenvalue weighted by molar-refractivity contribution is 5.95. The number of ketones is 1. The summed E-state index contributed by atoms with van der Waals surface area (Å²) in [6.45, 7) is 0.425. The van der Waals surface area contributed by atoms with Crippen molar-refractivity contribution in [3.05, 3.63) is 65.7 Å². The molecule has 0 bridgehead atoms. The summed E-state index contributed by atoms with van der Waals surface area (Å²) in [5, 5.41) is 9.18. The lowest BCUT2D eigenvalue weighted by Crippen LogP contribution is -2.04. The molecule has 0 fully saturated rings. The smallest absolute Gasteiger partial charge is 0.163 e. The Morgan fingerprint density at radius 1 is 1.00 bits per heavy atom. The highest BCUT2D eigenvalue weighted by Gasteiger charge is 2.05. The number of aliphatic hydroxyl groups excluding tert-OH is 1. The maximum absolute atomic E-state index is 11.9. The lowest BCUT2D eigenvalue weighted by Gasteiger charge is -2.09. The summed E-state index contributed by atoms with van der Waals surface area (Å²) >= 11 is 0. The zero-order valence-electron chi connectivity index (χ0n) is 11.3. The Morgan fingerprint density at radius 2 is 1.70 bits per heavy atom. The largest absolute Gasteiger partial charge is 0.493 e. The zero-order valence-corrected chi connectivity index (χ0v) is 11.3. The molecule has 0 atom stereocenters. The van der Waals surface area contributed by atoms with E-state index in [2.05, 4.69) is 0 Å². The van der Waals surface area contributed by atoms with Crippen LogP contribution >= 0.6 is 0 Å². The maximum atomic E-state index is 11.9. The fraction of sp³-hybridized carbons (Fsp3) is 0.235. The molecule has 0 amide bonds. The van der Waals surface area contributed by atoms with Crippen LogP contribution in [0.15, 0.2) is 54.6 Å². The monoisotopic (exact) mass is 270 g/mol. The normalized spacial score (nSPS) is 10.2. The van der Waals surface area contributed by atoms with Gasteiger partial charge in [-0.3, -0.25) is 4.79 Å². The number of Topliss-reactive ketones (excluding diaryl/α,β-unsaturated/α-hetero) is 1. The van der Waals surface area contributed by atoms with Crippen LogP contribution in [0.4, 0.5) is 0 Å². The molecule has 0 aromatic heterocycles. The van der Waals surface area contributed by atoms with Crippen molar-refractivity contribution in [3.8, 4) is 5.75 Å². The number of hydrogen-bond donors (Lipinski definition) is 1. The Balaban J connectivity index is 1.78. The van der Waals surface area contributed by atoms with Gasteiger partial charge in [0, 0.05) is 17.5 Å². The van der Waals surface area contributed by atoms with Crippen molar-refractivity contribution in [2.24, 2.45) is 0 Å². The van der Waals surface area contributed by atoms with Crippen LogP contribution < -0.4 is 4.74 Å². The minimum Gasteiger partial charge on any atom is -0.493 e. The van der Waals surface area contributed by atoms with Gasteiger partial charge >= 0.3 is 0 Å². The van der Waals surface area contributed by atoms with Gasteiger partial charge in [0.1, 0.15) is 5.75 Å². The summed E-state index contributed by atoms with van der Waals surface area (Å²) in [4.78, 5) is 11.9. The Bertz CT molecular complexity index is 549. The molecular weight excluding hydrogens is 252 g/mol. The first-order chi connectivity index (χ1) is 9.81. The van der Waals surface area contributed by atoms with Gasteiger partial charge in [-0.2, -0.15) is 0 Å². The summed E-state index contributed by atoms with van der Waals surface area (Å²) < 4.78 is 5.60. The number of para-hydroxylation sites is 1. The van der Waals surface area contributed by atoms with E-state index < -0.39 is 0 Å². The first-order valence-corrected chi connectivity index (χ1v) is 6.71. The average molecular weight is 270 g/mol. The molecule has 3 nitrogen and oxygen atoms in total. The molecule has 20 heavy (non-hydrogen) atoms. The van der Waals surface area contributed by atoms with Gasteiger partial charge in [0.15, 0.2) is 5.78 Å². The van der Waals surface area contributed by atoms with E-state index in [4.69, 9.17) is 4.74 Å². The Morgan fingerprint density at radius 3 is 2.45 bits per heavy atom. The number of ether oxygens (including phenoxy) is 1. The molecule has 3 heteroatoms. The van der Waals surface area contributed by atoms with Gasteiger partial charge in [-0.1, -0.05) is 48.5 Å². The zero-order chi connectivity index (χ0) is 14.2. The fourth-order valence-corrected chi connectivity index (χ4v) is 1.96. The highest BCUT2D eigenvalue weighted by Crippen LogP contribution is 2.18. The maximum Gasteiger partial charge on any atom is 0.163 e. The number of rotatable bonds is 7. The molecule has 0 aliphatic rings. The fourth-order valence-electron chi connectivity index (χ4n) is 1.96. The third-order valence-corrected chi connectivity index (χ3v) is 3.04. The number of hydrogen-bond acceptors (Lipinski definition) is 3. The van der Waals surface area contributed by atoms with Crippen LogP contribution in [0.1, 0.15) is 28.8 Å². The lowest BCUT2D eigenvalue weighted by atomic mass is 10.1. The van der Waals surface area contributed by atoms with Gasteiger partial charge in [0.2, 0.25) is 0 Å². The van der Waals surface area contributed by atoms with Crippen molar-refractivity contribution in [2.75, 3.05) is 6.61 Å². The minimum absolute atomic E-state index is 0.0425. The van der Waals surface area contributed by atoms with E-state index in [0.29, 0.717) is 25.2 Å². The van der Waals surface area contributed by atoms with Crippen molar-refractivity contribution >= 4 is 5.78 Å². The van der Waals surface area contributed by atoms with Crippen molar-refractivity contribution in [1.82, 2.24) is 0 Å². The first kappa shape index (κ1) is 14.3. The minimum atomic E-state index is -0.0425. The summed E-state index contributed by atoms with van der Waals surface area (Å²) in [5.74, 6) is 0.812. The van der Waals surface area contributed by atoms with Gasteiger partial charge in [-0.15, -0.1) is 0 Å². The lowest BCUT2D eigenvalue weighted by molar-refractivity contribution is 0.0973. The molecule has 0 spiro atoms. The van der Waals surface area contributed by atoms with Crippen LogP contribution in [0, 0.1) is 0 Å². The third-order valence-electron chi connectivity index (χ3n) is 3.04. The van der Waals surface area contributed by atoms with Crippen LogP contribution in [0.25, 0.3) is 0 Å². The van der Waals surface area contributed by atoms with Gasteiger partial charge in [-0.25, -0.2) is 0 Å². The van der Waals surface area contributed by atoms with Gasteiger partial charge in [-0.05, 0) is 12.5 Å². The quantitative estimate of drug-likeness (QED) is 0.620. The Labute approximate surface area is 118 Å². The standard InChI is InChI=1S/C17H18O3/c18-13-15-9-4-5-11-17(15)20-12-6-10-16(19)14-7-2-1-3-8-14/h1-5,7-9,11,18H,6,10,12-13H2. The van der Waals surface area contributed by atoms with Crippen LogP contribution in [0.5, 0.6) is 5.75 Å². The molecule has 0 radical (unpaired) electrons. The van der Waals surface area contributed by atoms with Gasteiger partial charge < -0.3 is 9.84 Å². The molecule has 0 aliphatic carbocycles. The third kappa shape index (κ3) is 3.93. The average Bonchev–Trinajstić information content (AvgIpc) is 2.52. The summed E-state index contributed by atoms with van der Waals surface area (Å²) in [5.41, 5.74) is 1.50. The predicted molar refractivity (Wildman–Crippen MR) is 77.9 cm³/mol. The van der Waals surface area contributed by atoms with Crippen LogP contribution in [-0.4, -0.2) is 17.5 Å². The van der Waals surface area contributed by atoms with E-state index in [9.17, 15) is 9.90 Å². The summed E-state index contributed by atoms with van der Waals surface area (Å²) in [6.07, 6.45) is 1.12. The number of carbonyl (C=O) groups is 1. The van der Waals surface area contributed by atoms with Gasteiger partial charge in [0.25, 0.3) is 0 Å². The van der Waals surface area contributed by atoms with Crippen molar-refractivity contribution in [3.63, 3.8) is 0 Å². The van der Waals surface area contributed by atoms with Crippen molar-refractivity contribution in [1.29, 1.82) is 0 Å². The van der Waals surface area contributed by atoms with Crippen molar-refractivity contribution in [2.45, 2.75) is 19.4 Å². The highest BCUT2D eigenvalue weighted by atomic mass is 16.5. The molecule has 1 N–H and O–H groups in total. The number of carbonyl (C=O) groups excluding carboxylic acids is 1. The number of aliphatic hydroxyl groups is 1. The molecule has 0 aliphatic heterocycles. The molecule has 0 saturated carbocycles. The Kier molecular flexibility index (Phi) is 5.33.